The van der Waals surface area contributed by atoms with Crippen LogP contribution in [0.25, 0.3) is 0 Å². The van der Waals surface area contributed by atoms with Crippen LogP contribution in [-0.4, -0.2) is 42.7 Å². The summed E-state index contributed by atoms with van der Waals surface area (Å²) in [4.78, 5) is 11.5. The monoisotopic (exact) mass is 313 g/mol. The largest absolute Gasteiger partial charge is 0.491 e. The van der Waals surface area contributed by atoms with Crippen molar-refractivity contribution in [2.75, 3.05) is 30.9 Å². The number of aliphatic hydroxyl groups excluding tert-OH is 1. The SMILES string of the molecule is CCOCC(O)COc1ccc(NC(=O)CCCS)cc1. The normalized spacial score (nSPS) is 12.0. The molecule has 0 aromatic heterocycles. The Morgan fingerprint density at radius 3 is 2.67 bits per heavy atom. The van der Waals surface area contributed by atoms with Gasteiger partial charge in [-0.15, -0.1) is 0 Å². The first-order chi connectivity index (χ1) is 10.2. The van der Waals surface area contributed by atoms with Gasteiger partial charge in [0, 0.05) is 18.7 Å². The Hall–Kier alpha value is -1.24. The topological polar surface area (TPSA) is 67.8 Å². The Labute approximate surface area is 131 Å². The van der Waals surface area contributed by atoms with Crippen molar-refractivity contribution >= 4 is 24.2 Å². The first kappa shape index (κ1) is 17.8. The molecule has 1 unspecified atom stereocenters. The summed E-state index contributed by atoms with van der Waals surface area (Å²) in [7, 11) is 0. The van der Waals surface area contributed by atoms with Crippen LogP contribution in [0.2, 0.25) is 0 Å². The lowest BCUT2D eigenvalue weighted by Gasteiger charge is -2.12. The van der Waals surface area contributed by atoms with Gasteiger partial charge >= 0.3 is 0 Å². The number of rotatable bonds is 10. The van der Waals surface area contributed by atoms with E-state index in [-0.39, 0.29) is 19.1 Å². The highest BCUT2D eigenvalue weighted by Crippen LogP contribution is 2.16. The number of hydrogen-bond donors (Lipinski definition) is 3. The molecule has 1 atom stereocenters. The average Bonchev–Trinajstić information content (AvgIpc) is 2.50. The number of aliphatic hydroxyl groups is 1. The molecule has 0 heterocycles. The molecule has 0 fully saturated rings. The molecule has 21 heavy (non-hydrogen) atoms. The standard InChI is InChI=1S/C15H23NO4S/c1-2-19-10-13(17)11-20-14-7-5-12(6-8-14)16-15(18)4-3-9-21/h5-8,13,17,21H,2-4,9-11H2,1H3,(H,16,18). The summed E-state index contributed by atoms with van der Waals surface area (Å²) in [6, 6.07) is 7.04. The van der Waals surface area contributed by atoms with Crippen LogP contribution < -0.4 is 10.1 Å². The van der Waals surface area contributed by atoms with Gasteiger partial charge in [0.1, 0.15) is 18.5 Å². The number of thiol groups is 1. The number of benzene rings is 1. The van der Waals surface area contributed by atoms with Crippen LogP contribution in [0, 0.1) is 0 Å². The summed E-state index contributed by atoms with van der Waals surface area (Å²) in [5.74, 6) is 1.31. The Morgan fingerprint density at radius 1 is 1.33 bits per heavy atom. The van der Waals surface area contributed by atoms with Gasteiger partial charge in [-0.3, -0.25) is 4.79 Å². The van der Waals surface area contributed by atoms with E-state index < -0.39 is 6.10 Å². The third kappa shape index (κ3) is 7.94. The number of nitrogens with one attached hydrogen (secondary N) is 1. The molecular formula is C15H23NO4S. The van der Waals surface area contributed by atoms with Crippen molar-refractivity contribution in [2.24, 2.45) is 0 Å². The highest BCUT2D eigenvalue weighted by molar-refractivity contribution is 7.80. The van der Waals surface area contributed by atoms with Crippen LogP contribution in [0.1, 0.15) is 19.8 Å². The molecule has 0 radical (unpaired) electrons. The fourth-order valence-corrected chi connectivity index (χ4v) is 1.75. The van der Waals surface area contributed by atoms with Crippen molar-refractivity contribution in [3.63, 3.8) is 0 Å². The van der Waals surface area contributed by atoms with E-state index in [1.807, 2.05) is 6.92 Å². The summed E-state index contributed by atoms with van der Waals surface area (Å²) < 4.78 is 10.5. The maximum atomic E-state index is 11.5. The molecule has 0 aliphatic carbocycles. The second kappa shape index (κ2) is 10.5. The molecule has 0 aliphatic rings. The maximum Gasteiger partial charge on any atom is 0.224 e. The minimum atomic E-state index is -0.648. The van der Waals surface area contributed by atoms with E-state index in [1.165, 1.54) is 0 Å². The second-order valence-corrected chi connectivity index (χ2v) is 4.97. The van der Waals surface area contributed by atoms with E-state index in [0.29, 0.717) is 24.5 Å². The molecule has 6 heteroatoms. The molecule has 1 aromatic carbocycles. The van der Waals surface area contributed by atoms with Gasteiger partial charge < -0.3 is 19.9 Å². The van der Waals surface area contributed by atoms with E-state index >= 15 is 0 Å². The summed E-state index contributed by atoms with van der Waals surface area (Å²) in [5.41, 5.74) is 0.723. The first-order valence-electron chi connectivity index (χ1n) is 7.05. The summed E-state index contributed by atoms with van der Waals surface area (Å²) in [5, 5.41) is 12.4. The molecule has 0 bridgehead atoms. The number of anilines is 1. The van der Waals surface area contributed by atoms with Crippen LogP contribution in [0.4, 0.5) is 5.69 Å². The van der Waals surface area contributed by atoms with Crippen molar-refractivity contribution in [1.82, 2.24) is 0 Å². The zero-order valence-electron chi connectivity index (χ0n) is 12.2. The lowest BCUT2D eigenvalue weighted by Crippen LogP contribution is -2.23. The van der Waals surface area contributed by atoms with Crippen molar-refractivity contribution < 1.29 is 19.4 Å². The fourth-order valence-electron chi connectivity index (χ4n) is 1.59. The molecule has 5 nitrogen and oxygen atoms in total. The Morgan fingerprint density at radius 2 is 2.05 bits per heavy atom. The molecule has 0 aliphatic heterocycles. The third-order valence-corrected chi connectivity index (χ3v) is 2.97. The van der Waals surface area contributed by atoms with Crippen LogP contribution in [0.5, 0.6) is 5.75 Å². The van der Waals surface area contributed by atoms with Crippen LogP contribution >= 0.6 is 12.6 Å². The van der Waals surface area contributed by atoms with Crippen LogP contribution in [0.3, 0.4) is 0 Å². The summed E-state index contributed by atoms with van der Waals surface area (Å²) >= 11 is 4.07. The molecule has 0 saturated heterocycles. The third-order valence-electron chi connectivity index (χ3n) is 2.66. The zero-order chi connectivity index (χ0) is 15.5. The highest BCUT2D eigenvalue weighted by Gasteiger charge is 2.06. The van der Waals surface area contributed by atoms with Crippen LogP contribution in [-0.2, 0) is 9.53 Å². The van der Waals surface area contributed by atoms with Gasteiger partial charge in [0.15, 0.2) is 0 Å². The van der Waals surface area contributed by atoms with Gasteiger partial charge in [-0.1, -0.05) is 0 Å². The van der Waals surface area contributed by atoms with Gasteiger partial charge in [0.25, 0.3) is 0 Å². The molecule has 0 spiro atoms. The number of ether oxygens (including phenoxy) is 2. The quantitative estimate of drug-likeness (QED) is 0.579. The van der Waals surface area contributed by atoms with Crippen molar-refractivity contribution in [2.45, 2.75) is 25.9 Å². The van der Waals surface area contributed by atoms with E-state index in [9.17, 15) is 9.90 Å². The van der Waals surface area contributed by atoms with Gasteiger partial charge in [-0.05, 0) is 43.4 Å². The molecule has 2 N–H and O–H groups in total. The van der Waals surface area contributed by atoms with Gasteiger partial charge in [-0.2, -0.15) is 12.6 Å². The maximum absolute atomic E-state index is 11.5. The summed E-state index contributed by atoms with van der Waals surface area (Å²) in [6.07, 6.45) is 0.574. The molecule has 1 rings (SSSR count). The molecular weight excluding hydrogens is 290 g/mol. The number of hydrogen-bond acceptors (Lipinski definition) is 5. The Kier molecular flexibility index (Phi) is 8.89. The zero-order valence-corrected chi connectivity index (χ0v) is 13.1. The number of amides is 1. The fraction of sp³-hybridized carbons (Fsp3) is 0.533. The van der Waals surface area contributed by atoms with Gasteiger partial charge in [-0.25, -0.2) is 0 Å². The molecule has 1 aromatic rings. The van der Waals surface area contributed by atoms with Crippen molar-refractivity contribution in [3.05, 3.63) is 24.3 Å². The van der Waals surface area contributed by atoms with Crippen molar-refractivity contribution in [1.29, 1.82) is 0 Å². The second-order valence-electron chi connectivity index (χ2n) is 4.52. The van der Waals surface area contributed by atoms with E-state index in [0.717, 1.165) is 12.1 Å². The van der Waals surface area contributed by atoms with Gasteiger partial charge in [0.05, 0.1) is 6.61 Å². The highest BCUT2D eigenvalue weighted by atomic mass is 32.1. The Bertz CT molecular complexity index is 411. The smallest absolute Gasteiger partial charge is 0.224 e. The van der Waals surface area contributed by atoms with E-state index in [2.05, 4.69) is 17.9 Å². The first-order valence-corrected chi connectivity index (χ1v) is 7.68. The van der Waals surface area contributed by atoms with Gasteiger partial charge in [0.2, 0.25) is 5.91 Å². The lowest BCUT2D eigenvalue weighted by molar-refractivity contribution is -0.116. The number of carbonyl (C=O) groups is 1. The average molecular weight is 313 g/mol. The Balaban J connectivity index is 2.34. The lowest BCUT2D eigenvalue weighted by atomic mass is 10.2. The molecule has 118 valence electrons. The molecule has 0 saturated carbocycles. The number of carbonyl (C=O) groups excluding carboxylic acids is 1. The minimum absolute atomic E-state index is 0.0233. The predicted octanol–water partition coefficient (Wildman–Crippen LogP) is 2.11. The molecule has 1 amide bonds. The van der Waals surface area contributed by atoms with E-state index in [1.54, 1.807) is 24.3 Å². The summed E-state index contributed by atoms with van der Waals surface area (Å²) in [6.45, 7) is 2.87. The van der Waals surface area contributed by atoms with E-state index in [4.69, 9.17) is 9.47 Å². The van der Waals surface area contributed by atoms with Crippen molar-refractivity contribution in [3.8, 4) is 5.75 Å². The van der Waals surface area contributed by atoms with Crippen LogP contribution in [0.15, 0.2) is 24.3 Å². The predicted molar refractivity (Wildman–Crippen MR) is 86.2 cm³/mol. The minimum Gasteiger partial charge on any atom is -0.491 e.